The maximum atomic E-state index is 12.0. The van der Waals surface area contributed by atoms with Crippen LogP contribution in [0.2, 0.25) is 0 Å². The number of anilines is 5. The molecule has 0 spiro atoms. The maximum absolute atomic E-state index is 12.0. The molecule has 1 unspecified atom stereocenters. The van der Waals surface area contributed by atoms with Crippen molar-refractivity contribution in [2.75, 3.05) is 36.1 Å². The number of nitrogens with zero attached hydrogens (tertiary/aromatic N) is 3. The van der Waals surface area contributed by atoms with Crippen LogP contribution in [0.5, 0.6) is 0 Å². The standard InChI is InChI=1S/C26H25N7O14S5/c1-47-48(34)28-7-6-27-24-31-25(29-16-2-4-20-14(8-16)10-18(49(35,36)37)12-22(20)51(41,42)43)33-26(32-24)30-17-3-5-21-15(9-17)11-19(50(38,39)40)13-23(21)52(44,45)46/h2-5,8-13,28H,6-7H2,1H3,(H,35,36,37)(H,38,39,40)(H,41,42,43)(H,44,45,46)(H3,27,29,30,31,32,33). The highest BCUT2D eigenvalue weighted by molar-refractivity contribution is 7.87. The molecule has 5 rings (SSSR count). The lowest BCUT2D eigenvalue weighted by Gasteiger charge is -2.13. The topological polar surface area (TPSA) is 331 Å². The summed E-state index contributed by atoms with van der Waals surface area (Å²) in [6.45, 7) is 0.197. The molecule has 0 aliphatic carbocycles. The minimum atomic E-state index is -4.94. The van der Waals surface area contributed by atoms with E-state index in [9.17, 15) is 56.1 Å². The number of hydrogen-bond donors (Lipinski definition) is 8. The number of hydrogen-bond acceptors (Lipinski definition) is 16. The molecular formula is C26H25N7O14S5. The van der Waals surface area contributed by atoms with Gasteiger partial charge in [-0.2, -0.15) is 48.6 Å². The number of fused-ring (bicyclic) bond motifs is 2. The molecule has 0 fully saturated rings. The van der Waals surface area contributed by atoms with Crippen molar-refractivity contribution < 1.29 is 60.3 Å². The molecule has 21 nitrogen and oxygen atoms in total. The third-order valence-electron chi connectivity index (χ3n) is 6.85. The fraction of sp³-hybridized carbons (Fsp3) is 0.115. The van der Waals surface area contributed by atoms with Gasteiger partial charge in [-0.05, 0) is 59.3 Å². The molecule has 0 radical (unpaired) electrons. The fourth-order valence-electron chi connectivity index (χ4n) is 4.69. The van der Waals surface area contributed by atoms with Crippen molar-refractivity contribution >= 4 is 103 Å². The Kier molecular flexibility index (Phi) is 10.8. The number of aromatic nitrogens is 3. The average Bonchev–Trinajstić information content (AvgIpc) is 3.03. The Morgan fingerprint density at radius 2 is 1.02 bits per heavy atom. The molecule has 278 valence electrons. The van der Waals surface area contributed by atoms with E-state index in [1.165, 1.54) is 43.5 Å². The molecule has 1 heterocycles. The van der Waals surface area contributed by atoms with Crippen molar-refractivity contribution in [1.82, 2.24) is 19.7 Å². The zero-order valence-corrected chi connectivity index (χ0v) is 30.0. The highest BCUT2D eigenvalue weighted by atomic mass is 32.2. The van der Waals surface area contributed by atoms with Crippen LogP contribution in [0.1, 0.15) is 0 Å². The van der Waals surface area contributed by atoms with Crippen molar-refractivity contribution in [3.8, 4) is 0 Å². The van der Waals surface area contributed by atoms with Crippen LogP contribution in [0.3, 0.4) is 0 Å². The number of benzene rings is 4. The zero-order chi connectivity index (χ0) is 38.2. The second kappa shape index (κ2) is 14.5. The van der Waals surface area contributed by atoms with Gasteiger partial charge in [0, 0.05) is 35.2 Å². The Bertz CT molecular complexity index is 2540. The minimum Gasteiger partial charge on any atom is -0.353 e. The molecule has 0 amide bonds. The molecule has 1 aromatic heterocycles. The SMILES string of the molecule is COS(=O)NCCNc1nc(Nc2ccc3c(S(=O)(=O)O)cc(S(=O)(=O)O)cc3c2)nc(Nc2ccc3c(S(=O)(=O)O)cc(S(=O)(=O)O)cc3c2)n1. The van der Waals surface area contributed by atoms with Crippen LogP contribution >= 0.6 is 0 Å². The summed E-state index contributed by atoms with van der Waals surface area (Å²) >= 11 is -1.78. The Morgan fingerprint density at radius 1 is 0.596 bits per heavy atom. The van der Waals surface area contributed by atoms with E-state index in [4.69, 9.17) is 0 Å². The summed E-state index contributed by atoms with van der Waals surface area (Å²) in [5, 5.41) is 8.27. The van der Waals surface area contributed by atoms with Crippen LogP contribution in [-0.2, 0) is 55.9 Å². The van der Waals surface area contributed by atoms with Crippen molar-refractivity contribution in [2.45, 2.75) is 19.6 Å². The molecule has 52 heavy (non-hydrogen) atoms. The van der Waals surface area contributed by atoms with Crippen LogP contribution in [-0.4, -0.2) is 91.2 Å². The van der Waals surface area contributed by atoms with E-state index in [1.807, 2.05) is 0 Å². The third-order valence-corrected chi connectivity index (χ3v) is 11.0. The lowest BCUT2D eigenvalue weighted by atomic mass is 10.1. The van der Waals surface area contributed by atoms with E-state index in [1.54, 1.807) is 0 Å². The fourth-order valence-corrected chi connectivity index (χ4v) is 7.79. The molecule has 1 atom stereocenters. The van der Waals surface area contributed by atoms with Gasteiger partial charge in [-0.15, -0.1) is 0 Å². The highest BCUT2D eigenvalue weighted by Crippen LogP contribution is 2.32. The predicted octanol–water partition coefficient (Wildman–Crippen LogP) is 1.88. The normalized spacial score (nSPS) is 13.2. The highest BCUT2D eigenvalue weighted by Gasteiger charge is 2.22. The summed E-state index contributed by atoms with van der Waals surface area (Å²) in [4.78, 5) is 9.57. The van der Waals surface area contributed by atoms with Crippen molar-refractivity contribution in [2.24, 2.45) is 0 Å². The molecule has 0 aliphatic heterocycles. The smallest absolute Gasteiger partial charge is 0.295 e. The Labute approximate surface area is 297 Å². The van der Waals surface area contributed by atoms with Crippen LogP contribution in [0.15, 0.2) is 80.2 Å². The minimum absolute atomic E-state index is 0.0413. The maximum Gasteiger partial charge on any atom is 0.295 e. The van der Waals surface area contributed by atoms with Gasteiger partial charge in [0.25, 0.3) is 40.5 Å². The number of nitrogens with one attached hydrogen (secondary N) is 4. The average molecular weight is 820 g/mol. The molecular weight excluding hydrogens is 795 g/mol. The van der Waals surface area contributed by atoms with Gasteiger partial charge in [0.2, 0.25) is 29.1 Å². The first-order valence-electron chi connectivity index (χ1n) is 13.9. The van der Waals surface area contributed by atoms with Gasteiger partial charge in [-0.25, -0.2) is 8.93 Å². The van der Waals surface area contributed by atoms with Crippen LogP contribution in [0.25, 0.3) is 21.5 Å². The van der Waals surface area contributed by atoms with Gasteiger partial charge in [-0.3, -0.25) is 22.4 Å². The van der Waals surface area contributed by atoms with Crippen LogP contribution in [0, 0.1) is 0 Å². The first-order chi connectivity index (χ1) is 24.1. The Balaban J connectivity index is 1.55. The van der Waals surface area contributed by atoms with E-state index in [0.29, 0.717) is 12.1 Å². The van der Waals surface area contributed by atoms with E-state index < -0.39 is 71.3 Å². The summed E-state index contributed by atoms with van der Waals surface area (Å²) in [5.74, 6) is -0.412. The lowest BCUT2D eigenvalue weighted by molar-refractivity contribution is 0.437. The first kappa shape index (κ1) is 38.7. The van der Waals surface area contributed by atoms with Crippen LogP contribution < -0.4 is 20.7 Å². The zero-order valence-electron chi connectivity index (χ0n) is 25.9. The van der Waals surface area contributed by atoms with E-state index >= 15 is 0 Å². The Hall–Kier alpha value is -4.48. The van der Waals surface area contributed by atoms with Crippen LogP contribution in [0.4, 0.5) is 29.2 Å². The van der Waals surface area contributed by atoms with Crippen molar-refractivity contribution in [3.63, 3.8) is 0 Å². The molecule has 26 heteroatoms. The summed E-state index contributed by atoms with van der Waals surface area (Å²) in [5.41, 5.74) is 0.311. The molecule has 5 aromatic rings. The summed E-state index contributed by atoms with van der Waals surface area (Å²) in [6, 6.07) is 10.9. The molecule has 0 saturated carbocycles. The van der Waals surface area contributed by atoms with Gasteiger partial charge in [0.05, 0.1) is 16.9 Å². The first-order valence-corrected chi connectivity index (χ1v) is 20.7. The lowest BCUT2D eigenvalue weighted by Crippen LogP contribution is -2.25. The van der Waals surface area contributed by atoms with Gasteiger partial charge < -0.3 is 16.0 Å². The molecule has 4 aromatic carbocycles. The van der Waals surface area contributed by atoms with Crippen molar-refractivity contribution in [3.05, 3.63) is 60.7 Å². The van der Waals surface area contributed by atoms with E-state index in [-0.39, 0.29) is 63.9 Å². The molecule has 0 aliphatic rings. The number of rotatable bonds is 14. The second-order valence-electron chi connectivity index (χ2n) is 10.4. The summed E-state index contributed by atoms with van der Waals surface area (Å²) in [6.07, 6.45) is 0. The largest absolute Gasteiger partial charge is 0.353 e. The predicted molar refractivity (Wildman–Crippen MR) is 185 cm³/mol. The van der Waals surface area contributed by atoms with Gasteiger partial charge >= 0.3 is 0 Å². The van der Waals surface area contributed by atoms with Crippen molar-refractivity contribution in [1.29, 1.82) is 0 Å². The molecule has 0 saturated heterocycles. The monoisotopic (exact) mass is 819 g/mol. The quantitative estimate of drug-likeness (QED) is 0.0585. The van der Waals surface area contributed by atoms with Gasteiger partial charge in [-0.1, -0.05) is 12.1 Å². The summed E-state index contributed by atoms with van der Waals surface area (Å²) in [7, 11) is -18.5. The summed E-state index contributed by atoms with van der Waals surface area (Å²) < 4.78 is 153. The second-order valence-corrected chi connectivity index (χ2v) is 17.1. The third kappa shape index (κ3) is 9.30. The van der Waals surface area contributed by atoms with E-state index in [0.717, 1.165) is 12.1 Å². The molecule has 0 bridgehead atoms. The van der Waals surface area contributed by atoms with Gasteiger partial charge in [0.15, 0.2) is 0 Å². The van der Waals surface area contributed by atoms with Gasteiger partial charge in [0.1, 0.15) is 9.79 Å². The van der Waals surface area contributed by atoms with E-state index in [2.05, 4.69) is 39.8 Å². The molecule has 8 N–H and O–H groups in total. The Morgan fingerprint density at radius 3 is 1.40 bits per heavy atom.